The number of benzene rings is 1. The number of aromatic carboxylic acids is 1. The fourth-order valence-corrected chi connectivity index (χ4v) is 1.63. The van der Waals surface area contributed by atoms with Gasteiger partial charge in [0.05, 0.1) is 10.5 Å². The van der Waals surface area contributed by atoms with E-state index in [1.165, 1.54) is 6.07 Å². The van der Waals surface area contributed by atoms with E-state index in [0.717, 1.165) is 24.4 Å². The van der Waals surface area contributed by atoms with Crippen LogP contribution in [0.1, 0.15) is 10.4 Å². The number of halogens is 2. The molecule has 2 rings (SSSR count). The number of aromatic nitrogens is 1. The summed E-state index contributed by atoms with van der Waals surface area (Å²) >= 11 is 5.77. The average molecular weight is 313 g/mol. The summed E-state index contributed by atoms with van der Waals surface area (Å²) in [6, 6.07) is 4.12. The van der Waals surface area contributed by atoms with Gasteiger partial charge in [0.2, 0.25) is 5.88 Å². The fraction of sp³-hybridized carbons (Fsp3) is 0. The number of nitrogens with zero attached hydrogens (tertiary/aromatic N) is 2. The number of pyridine rings is 1. The van der Waals surface area contributed by atoms with Crippen LogP contribution in [0.25, 0.3) is 0 Å². The van der Waals surface area contributed by atoms with Gasteiger partial charge < -0.3 is 9.84 Å². The molecule has 108 valence electrons. The van der Waals surface area contributed by atoms with E-state index in [4.69, 9.17) is 21.4 Å². The van der Waals surface area contributed by atoms with E-state index in [1.54, 1.807) is 0 Å². The van der Waals surface area contributed by atoms with Crippen molar-refractivity contribution in [3.63, 3.8) is 0 Å². The Bertz CT molecular complexity index is 738. The van der Waals surface area contributed by atoms with Gasteiger partial charge in [-0.25, -0.2) is 14.2 Å². The van der Waals surface area contributed by atoms with Crippen LogP contribution in [0.4, 0.5) is 10.1 Å². The van der Waals surface area contributed by atoms with Crippen LogP contribution in [0.3, 0.4) is 0 Å². The first-order chi connectivity index (χ1) is 9.88. The van der Waals surface area contributed by atoms with E-state index in [-0.39, 0.29) is 22.3 Å². The summed E-state index contributed by atoms with van der Waals surface area (Å²) < 4.78 is 18.6. The van der Waals surface area contributed by atoms with E-state index < -0.39 is 22.3 Å². The molecular weight excluding hydrogens is 307 g/mol. The number of ether oxygens (including phenoxy) is 1. The molecule has 0 aliphatic heterocycles. The number of carbonyl (C=O) groups is 1. The van der Waals surface area contributed by atoms with Crippen molar-refractivity contribution in [1.82, 2.24) is 4.98 Å². The van der Waals surface area contributed by atoms with E-state index in [0.29, 0.717) is 0 Å². The van der Waals surface area contributed by atoms with Crippen LogP contribution in [0, 0.1) is 15.9 Å². The second kappa shape index (κ2) is 5.71. The maximum Gasteiger partial charge on any atom is 0.338 e. The van der Waals surface area contributed by atoms with Gasteiger partial charge >= 0.3 is 5.97 Å². The lowest BCUT2D eigenvalue weighted by molar-refractivity contribution is -0.385. The summed E-state index contributed by atoms with van der Waals surface area (Å²) in [6.45, 7) is 0. The highest BCUT2D eigenvalue weighted by Crippen LogP contribution is 2.30. The van der Waals surface area contributed by atoms with E-state index in [2.05, 4.69) is 4.98 Å². The number of rotatable bonds is 4. The van der Waals surface area contributed by atoms with E-state index in [1.807, 2.05) is 0 Å². The molecule has 0 radical (unpaired) electrons. The number of hydrogen-bond donors (Lipinski definition) is 1. The maximum absolute atomic E-state index is 13.5. The highest BCUT2D eigenvalue weighted by Gasteiger charge is 2.15. The number of carboxylic acid groups (broad SMARTS) is 1. The van der Waals surface area contributed by atoms with Crippen LogP contribution in [0.5, 0.6) is 11.6 Å². The van der Waals surface area contributed by atoms with Crippen molar-refractivity contribution in [2.75, 3.05) is 0 Å². The van der Waals surface area contributed by atoms with Crippen molar-refractivity contribution >= 4 is 23.3 Å². The van der Waals surface area contributed by atoms with Gasteiger partial charge in [-0.05, 0) is 12.1 Å². The molecule has 0 saturated heterocycles. The van der Waals surface area contributed by atoms with Gasteiger partial charge in [-0.15, -0.1) is 0 Å². The topological polar surface area (TPSA) is 103 Å². The zero-order valence-electron chi connectivity index (χ0n) is 10.1. The zero-order valence-corrected chi connectivity index (χ0v) is 10.9. The largest absolute Gasteiger partial charge is 0.478 e. The van der Waals surface area contributed by atoms with Gasteiger partial charge in [0, 0.05) is 12.1 Å². The van der Waals surface area contributed by atoms with Crippen molar-refractivity contribution in [1.29, 1.82) is 0 Å². The average Bonchev–Trinajstić information content (AvgIpc) is 2.40. The first kappa shape index (κ1) is 14.7. The molecule has 1 aromatic heterocycles. The minimum atomic E-state index is -1.41. The van der Waals surface area contributed by atoms with Crippen LogP contribution in [-0.4, -0.2) is 21.0 Å². The first-order valence-corrected chi connectivity index (χ1v) is 5.77. The summed E-state index contributed by atoms with van der Waals surface area (Å²) in [4.78, 5) is 24.2. The smallest absolute Gasteiger partial charge is 0.338 e. The maximum atomic E-state index is 13.5. The molecule has 1 aromatic carbocycles. The van der Waals surface area contributed by atoms with Crippen LogP contribution in [0.2, 0.25) is 5.02 Å². The quantitative estimate of drug-likeness (QED) is 0.686. The number of hydrogen-bond acceptors (Lipinski definition) is 5. The van der Waals surface area contributed by atoms with Crippen molar-refractivity contribution in [3.8, 4) is 11.6 Å². The molecule has 0 saturated carbocycles. The summed E-state index contributed by atoms with van der Waals surface area (Å²) in [5, 5.41) is 19.1. The predicted molar refractivity (Wildman–Crippen MR) is 69.3 cm³/mol. The molecule has 0 atom stereocenters. The van der Waals surface area contributed by atoms with Gasteiger partial charge in [0.15, 0.2) is 0 Å². The number of nitro groups is 1. The first-order valence-electron chi connectivity index (χ1n) is 5.39. The molecule has 0 amide bonds. The lowest BCUT2D eigenvalue weighted by Gasteiger charge is -2.07. The Morgan fingerprint density at radius 3 is 2.67 bits per heavy atom. The standard InChI is InChI=1S/C12H6ClFN2O5/c13-9-3-6(16(19)20)5-15-11(9)21-7-1-2-8(12(17)18)10(14)4-7/h1-5H,(H,17,18). The van der Waals surface area contributed by atoms with E-state index in [9.17, 15) is 19.3 Å². The molecular formula is C12H6ClFN2O5. The third kappa shape index (κ3) is 3.23. The third-order valence-electron chi connectivity index (χ3n) is 2.39. The Labute approximate surface area is 121 Å². The summed E-state index contributed by atoms with van der Waals surface area (Å²) in [7, 11) is 0. The van der Waals surface area contributed by atoms with Crippen molar-refractivity contribution < 1.29 is 24.0 Å². The lowest BCUT2D eigenvalue weighted by atomic mass is 10.2. The second-order valence-corrected chi connectivity index (χ2v) is 4.19. The molecule has 9 heteroatoms. The van der Waals surface area contributed by atoms with Crippen molar-refractivity contribution in [2.45, 2.75) is 0 Å². The van der Waals surface area contributed by atoms with Crippen molar-refractivity contribution in [2.24, 2.45) is 0 Å². The molecule has 21 heavy (non-hydrogen) atoms. The second-order valence-electron chi connectivity index (χ2n) is 3.79. The highest BCUT2D eigenvalue weighted by molar-refractivity contribution is 6.32. The third-order valence-corrected chi connectivity index (χ3v) is 2.66. The van der Waals surface area contributed by atoms with Gasteiger partial charge in [0.1, 0.15) is 22.8 Å². The van der Waals surface area contributed by atoms with Gasteiger partial charge in [0.25, 0.3) is 5.69 Å². The molecule has 0 unspecified atom stereocenters. The Kier molecular flexibility index (Phi) is 3.99. The molecule has 0 aliphatic rings. The molecule has 0 fully saturated rings. The zero-order chi connectivity index (χ0) is 15.6. The van der Waals surface area contributed by atoms with Gasteiger partial charge in [-0.1, -0.05) is 11.6 Å². The van der Waals surface area contributed by atoms with Crippen LogP contribution < -0.4 is 4.74 Å². The van der Waals surface area contributed by atoms with Crippen molar-refractivity contribution in [3.05, 3.63) is 57.0 Å². The Morgan fingerprint density at radius 2 is 2.14 bits per heavy atom. The molecule has 0 aliphatic carbocycles. The summed E-state index contributed by atoms with van der Waals surface area (Å²) in [5.74, 6) is -2.60. The molecule has 0 bridgehead atoms. The van der Waals surface area contributed by atoms with Gasteiger partial charge in [-0.2, -0.15) is 0 Å². The molecule has 1 N–H and O–H groups in total. The summed E-state index contributed by atoms with van der Waals surface area (Å²) in [6.07, 6.45) is 0.934. The normalized spacial score (nSPS) is 10.2. The number of carboxylic acids is 1. The Hall–Kier alpha value is -2.74. The van der Waals surface area contributed by atoms with Gasteiger partial charge in [-0.3, -0.25) is 10.1 Å². The van der Waals surface area contributed by atoms with Crippen LogP contribution >= 0.6 is 11.6 Å². The molecule has 7 nitrogen and oxygen atoms in total. The van der Waals surface area contributed by atoms with Crippen LogP contribution in [0.15, 0.2) is 30.5 Å². The molecule has 2 aromatic rings. The molecule has 1 heterocycles. The van der Waals surface area contributed by atoms with E-state index >= 15 is 0 Å². The Balaban J connectivity index is 2.28. The monoisotopic (exact) mass is 312 g/mol. The lowest BCUT2D eigenvalue weighted by Crippen LogP contribution is -2.00. The minimum absolute atomic E-state index is 0.0410. The Morgan fingerprint density at radius 1 is 1.43 bits per heavy atom. The highest BCUT2D eigenvalue weighted by atomic mass is 35.5. The summed E-state index contributed by atoms with van der Waals surface area (Å²) in [5.41, 5.74) is -0.829. The molecule has 0 spiro atoms. The minimum Gasteiger partial charge on any atom is -0.478 e. The predicted octanol–water partition coefficient (Wildman–Crippen LogP) is 3.27. The SMILES string of the molecule is O=C(O)c1ccc(Oc2ncc([N+](=O)[O-])cc2Cl)cc1F. The van der Waals surface area contributed by atoms with Crippen LogP contribution in [-0.2, 0) is 0 Å². The fourth-order valence-electron chi connectivity index (χ4n) is 1.43.